The van der Waals surface area contributed by atoms with Crippen LogP contribution in [-0.4, -0.2) is 163 Å². The van der Waals surface area contributed by atoms with Gasteiger partial charge in [-0.05, 0) is 156 Å². The maximum atomic E-state index is 13.2. The fourth-order valence-electron chi connectivity index (χ4n) is 11.3. The second-order valence-electron chi connectivity index (χ2n) is 27.1. The summed E-state index contributed by atoms with van der Waals surface area (Å²) in [5.74, 6) is -12.7. The minimum absolute atomic E-state index is 0.00113. The number of rotatable bonds is 18. The van der Waals surface area contributed by atoms with Gasteiger partial charge in [0.2, 0.25) is 56.0 Å². The van der Waals surface area contributed by atoms with E-state index in [4.69, 9.17) is 79.5 Å². The van der Waals surface area contributed by atoms with E-state index in [0.29, 0.717) is 123 Å². The SMILES string of the molecule is CC(C)(C)OC(=O)CCc1cc(NC2CCC(F)(F)CC2)nc(Cl)n1.CCOC(=O)c1ccn[nH]1.COC(=O)c1cc(NC2CCC(F)(F)CC2)nc(Cl)n1.N#Cc1cc(NC2CCC(F)(F)CC2)nc(Cl)n1.NC(=O)c1cc(NC2CCC(F)(F)CC2)nc(Cl)n1.NCc1cc(NC2CCC(F)(F)CC2)nc(Cl)n1. The summed E-state index contributed by atoms with van der Waals surface area (Å²) in [5.41, 5.74) is 11.8. The van der Waals surface area contributed by atoms with Gasteiger partial charge in [-0.2, -0.15) is 10.4 Å². The zero-order chi connectivity index (χ0) is 81.2. The molecule has 0 unspecified atom stereocenters. The van der Waals surface area contributed by atoms with E-state index in [1.807, 2.05) is 26.8 Å². The van der Waals surface area contributed by atoms with Crippen LogP contribution in [0.2, 0.25) is 26.4 Å². The van der Waals surface area contributed by atoms with Crippen LogP contribution in [0.25, 0.3) is 0 Å². The number of amides is 1. The number of halogens is 15. The third kappa shape index (κ3) is 33.7. The van der Waals surface area contributed by atoms with Crippen LogP contribution in [0, 0.1) is 11.3 Å². The summed E-state index contributed by atoms with van der Waals surface area (Å²) < 4.78 is 145. The second kappa shape index (κ2) is 41.8. The molecule has 0 spiro atoms. The molecule has 0 bridgehead atoms. The number of nitrogens with one attached hydrogen (secondary N) is 6. The van der Waals surface area contributed by atoms with Gasteiger partial charge >= 0.3 is 17.9 Å². The Hall–Kier alpha value is -8.31. The molecule has 5 saturated carbocycles. The topological polar surface area (TPSA) is 390 Å². The van der Waals surface area contributed by atoms with E-state index in [0.717, 1.165) is 0 Å². The lowest BCUT2D eigenvalue weighted by atomic mass is 9.92. The summed E-state index contributed by atoms with van der Waals surface area (Å²) in [6.07, 6.45) is 4.40. The smallest absolute Gasteiger partial charge is 0.356 e. The third-order valence-electron chi connectivity index (χ3n) is 16.9. The van der Waals surface area contributed by atoms with E-state index in [9.17, 15) is 63.1 Å². The highest BCUT2D eigenvalue weighted by Crippen LogP contribution is 2.39. The minimum Gasteiger partial charge on any atom is -0.464 e. The number of aromatic nitrogens is 12. The molecule has 1 amide bonds. The number of hydrogen-bond acceptors (Lipinski definition) is 25. The Kier molecular flexibility index (Phi) is 34.4. The van der Waals surface area contributed by atoms with Crippen molar-refractivity contribution >= 4 is 111 Å². The Morgan fingerprint density at radius 2 is 0.855 bits per heavy atom. The Labute approximate surface area is 652 Å². The first-order valence-corrected chi connectivity index (χ1v) is 36.8. The first-order valence-electron chi connectivity index (χ1n) is 34.9. The molecule has 27 nitrogen and oxygen atoms in total. The average Bonchev–Trinajstić information content (AvgIpc) is 0.963. The number of hydrogen-bond donors (Lipinski definition) is 8. The number of nitriles is 1. The number of anilines is 5. The van der Waals surface area contributed by atoms with E-state index in [-0.39, 0.29) is 163 Å². The van der Waals surface area contributed by atoms with Gasteiger partial charge in [0.25, 0.3) is 5.91 Å². The van der Waals surface area contributed by atoms with Gasteiger partial charge < -0.3 is 52.3 Å². The highest BCUT2D eigenvalue weighted by atomic mass is 35.5. The molecule has 0 saturated heterocycles. The molecule has 5 aliphatic carbocycles. The van der Waals surface area contributed by atoms with Crippen LogP contribution in [0.5, 0.6) is 0 Å². The Morgan fingerprint density at radius 1 is 0.518 bits per heavy atom. The summed E-state index contributed by atoms with van der Waals surface area (Å²) in [7, 11) is 1.23. The van der Waals surface area contributed by atoms with Crippen LogP contribution in [0.4, 0.5) is 73.0 Å². The van der Waals surface area contributed by atoms with E-state index in [1.54, 1.807) is 25.1 Å². The number of nitrogens with zero attached hydrogens (tertiary/aromatic N) is 12. The summed E-state index contributed by atoms with van der Waals surface area (Å²) in [5, 5.41) is 30.0. The van der Waals surface area contributed by atoms with Gasteiger partial charge in [-0.25, -0.2) is 103 Å². The van der Waals surface area contributed by atoms with Crippen molar-refractivity contribution in [3.8, 4) is 6.07 Å². The summed E-state index contributed by atoms with van der Waals surface area (Å²) in [6, 6.07) is 10.7. The molecule has 0 radical (unpaired) electrons. The van der Waals surface area contributed by atoms with Gasteiger partial charge in [-0.1, -0.05) is 0 Å². The fourth-order valence-corrected chi connectivity index (χ4v) is 12.3. The zero-order valence-corrected chi connectivity index (χ0v) is 64.2. The number of carbonyl (C=O) groups excluding carboxylic acids is 4. The number of esters is 3. The number of alkyl halides is 10. The van der Waals surface area contributed by atoms with Crippen molar-refractivity contribution in [2.24, 2.45) is 11.5 Å². The summed E-state index contributed by atoms with van der Waals surface area (Å²) >= 11 is 28.7. The predicted molar refractivity (Wildman–Crippen MR) is 391 cm³/mol. The van der Waals surface area contributed by atoms with Crippen molar-refractivity contribution in [3.63, 3.8) is 0 Å². The molecule has 0 aromatic carbocycles. The van der Waals surface area contributed by atoms with Crippen LogP contribution in [0.15, 0.2) is 42.6 Å². The number of primary amides is 1. The van der Waals surface area contributed by atoms with Crippen LogP contribution >= 0.6 is 58.0 Å². The van der Waals surface area contributed by atoms with Crippen LogP contribution in [-0.2, 0) is 32.0 Å². The number of nitrogens with two attached hydrogens (primary N) is 2. The van der Waals surface area contributed by atoms with Gasteiger partial charge in [-0.3, -0.25) is 14.7 Å². The second-order valence-corrected chi connectivity index (χ2v) is 28.8. The molecule has 604 valence electrons. The number of H-pyrrole nitrogens is 1. The summed E-state index contributed by atoms with van der Waals surface area (Å²) in [4.78, 5) is 84.0. The molecule has 110 heavy (non-hydrogen) atoms. The quantitative estimate of drug-likeness (QED) is 0.0171. The van der Waals surface area contributed by atoms with Gasteiger partial charge in [0.05, 0.1) is 25.8 Å². The van der Waals surface area contributed by atoms with Crippen molar-refractivity contribution in [2.45, 2.75) is 241 Å². The number of aryl methyl sites for hydroxylation is 1. The first-order chi connectivity index (χ1) is 51.6. The van der Waals surface area contributed by atoms with E-state index >= 15 is 0 Å². The van der Waals surface area contributed by atoms with Gasteiger partial charge in [0, 0.05) is 150 Å². The highest BCUT2D eigenvalue weighted by molar-refractivity contribution is 6.29. The number of methoxy groups -OCH3 is 1. The molecule has 42 heteroatoms. The number of ether oxygens (including phenoxy) is 3. The minimum atomic E-state index is -2.58. The van der Waals surface area contributed by atoms with E-state index < -0.39 is 47.1 Å². The lowest BCUT2D eigenvalue weighted by molar-refractivity contribution is -0.154. The maximum absolute atomic E-state index is 13.2. The lowest BCUT2D eigenvalue weighted by Gasteiger charge is -2.29. The van der Waals surface area contributed by atoms with E-state index in [2.05, 4.69) is 96.1 Å². The molecule has 0 atom stereocenters. The van der Waals surface area contributed by atoms with Crippen molar-refractivity contribution in [2.75, 3.05) is 40.3 Å². The van der Waals surface area contributed by atoms with Gasteiger partial charge in [0.15, 0.2) is 5.69 Å². The largest absolute Gasteiger partial charge is 0.464 e. The Balaban J connectivity index is 0.000000209. The first kappa shape index (κ1) is 90.6. The number of aromatic amines is 1. The Bertz CT molecular complexity index is 4000. The molecule has 5 aliphatic rings. The van der Waals surface area contributed by atoms with E-state index in [1.165, 1.54) is 31.5 Å². The standard InChI is InChI=1S/C17H24ClF2N3O2.C12H14ClF2N3O2.C11H13ClF2N4O.C11H15ClF2N4.C11H11ClF2N4.C6H8N2O2/c1-16(2,3)25-14(24)5-4-12-10-13(23-15(18)22-12)21-11-6-8-17(19,20)9-7-11;1-20-10(19)8-6-9(18-11(13)17-8)16-7-2-4-12(14,15)5-3-7;12-10-17-7(9(15)19)5-8(18-10)16-6-1-3-11(13,14)4-2-6;2*12-10-17-8(6-15)5-9(18-10)16-7-1-3-11(13,14)4-2-7;1-2-10-6(9)5-3-4-7-8-5/h10-11H,4-9H2,1-3H3,(H,21,22,23);6-7H,2-5H2,1H3,(H,16,17,18);5-6H,1-4H2,(H2,15,19)(H,16,17,18);5,7H,1-4,6,15H2,(H,16,17,18);5,7H,1-4H2,(H,16,17,18);3-4H,2H2,1H3,(H,7,8). The van der Waals surface area contributed by atoms with Crippen LogP contribution < -0.4 is 38.1 Å². The predicted octanol–water partition coefficient (Wildman–Crippen LogP) is 15.7. The van der Waals surface area contributed by atoms with Gasteiger partial charge in [-0.15, -0.1) is 0 Å². The zero-order valence-electron chi connectivity index (χ0n) is 60.4. The highest BCUT2D eigenvalue weighted by Gasteiger charge is 2.39. The summed E-state index contributed by atoms with van der Waals surface area (Å²) in [6.45, 7) is 7.83. The van der Waals surface area contributed by atoms with Crippen molar-refractivity contribution in [3.05, 3.63) is 103 Å². The van der Waals surface area contributed by atoms with Gasteiger partial charge in [0.1, 0.15) is 57.8 Å². The average molecular weight is 1660 g/mol. The molecule has 5 fully saturated rings. The van der Waals surface area contributed by atoms with Crippen molar-refractivity contribution in [1.82, 2.24) is 60.0 Å². The third-order valence-corrected chi connectivity index (χ3v) is 17.8. The van der Waals surface area contributed by atoms with Crippen LogP contribution in [0.3, 0.4) is 0 Å². The number of carbonyl (C=O) groups is 4. The molecule has 6 aromatic rings. The molecular weight excluding hydrogens is 1580 g/mol. The van der Waals surface area contributed by atoms with Crippen molar-refractivity contribution in [1.29, 1.82) is 5.26 Å². The molecular formula is C68H85Cl5F10N20O7. The molecule has 10 N–H and O–H groups in total. The van der Waals surface area contributed by atoms with Crippen molar-refractivity contribution < 1.29 is 77.3 Å². The molecule has 6 aromatic heterocycles. The normalized spacial score (nSPS) is 18.0. The molecule has 0 aliphatic heterocycles. The lowest BCUT2D eigenvalue weighted by Crippen LogP contribution is -2.32. The fraction of sp³-hybridized carbons (Fsp3) is 0.588. The Morgan fingerprint density at radius 3 is 1.19 bits per heavy atom. The van der Waals surface area contributed by atoms with Crippen LogP contribution in [0.1, 0.15) is 211 Å². The maximum Gasteiger partial charge on any atom is 0.356 e. The monoisotopic (exact) mass is 1660 g/mol. The molecule has 6 heterocycles. The molecule has 11 rings (SSSR count).